The quantitative estimate of drug-likeness (QED) is 0.911. The average molecular weight is 304 g/mol. The minimum atomic E-state index is -3.89. The van der Waals surface area contributed by atoms with Crippen LogP contribution in [0.1, 0.15) is 21.5 Å². The Balaban J connectivity index is 2.39. The first-order chi connectivity index (χ1) is 9.79. The van der Waals surface area contributed by atoms with E-state index in [1.165, 1.54) is 12.1 Å². The molecule has 2 rings (SSSR count). The van der Waals surface area contributed by atoms with Crippen molar-refractivity contribution in [1.82, 2.24) is 0 Å². The molecule has 0 unspecified atom stereocenters. The number of hydrogen-bond donors (Lipinski definition) is 2. The second kappa shape index (κ2) is 5.67. The molecule has 0 saturated heterocycles. The number of aryl methyl sites for hydroxylation is 2. The molecule has 3 N–H and O–H groups in total. The predicted molar refractivity (Wildman–Crippen MR) is 81.7 cm³/mol. The summed E-state index contributed by atoms with van der Waals surface area (Å²) in [6.45, 7) is 3.70. The summed E-state index contributed by atoms with van der Waals surface area (Å²) in [7, 11) is -3.89. The first-order valence-corrected chi connectivity index (χ1v) is 7.84. The summed E-state index contributed by atoms with van der Waals surface area (Å²) in [4.78, 5) is 12.2. The molecule has 0 bridgehead atoms. The largest absolute Gasteiger partial charge is 0.321 e. The predicted octanol–water partition coefficient (Wildman–Crippen LogP) is 2.20. The van der Waals surface area contributed by atoms with Crippen molar-refractivity contribution in [2.75, 3.05) is 5.32 Å². The molecule has 0 atom stereocenters. The molecule has 0 fully saturated rings. The maximum absolute atomic E-state index is 12.3. The first-order valence-electron chi connectivity index (χ1n) is 6.29. The molecule has 2 aromatic rings. The molecule has 2 aromatic carbocycles. The number of carbonyl (C=O) groups is 1. The van der Waals surface area contributed by atoms with Crippen LogP contribution in [0.2, 0.25) is 0 Å². The zero-order valence-electron chi connectivity index (χ0n) is 11.8. The summed E-state index contributed by atoms with van der Waals surface area (Å²) in [6, 6.07) is 11.5. The Morgan fingerprint density at radius 3 is 2.43 bits per heavy atom. The summed E-state index contributed by atoms with van der Waals surface area (Å²) in [5.74, 6) is -0.368. The van der Waals surface area contributed by atoms with Crippen LogP contribution in [0.5, 0.6) is 0 Å². The number of amides is 1. The third-order valence-corrected chi connectivity index (χ3v) is 4.05. The smallest absolute Gasteiger partial charge is 0.255 e. The fourth-order valence-corrected chi connectivity index (χ4v) is 2.68. The lowest BCUT2D eigenvalue weighted by Crippen LogP contribution is -2.19. The van der Waals surface area contributed by atoms with Crippen LogP contribution in [-0.4, -0.2) is 14.3 Å². The van der Waals surface area contributed by atoms with Gasteiger partial charge in [-0.2, -0.15) is 0 Å². The van der Waals surface area contributed by atoms with Gasteiger partial charge >= 0.3 is 0 Å². The Hall–Kier alpha value is -2.18. The average Bonchev–Trinajstić information content (AvgIpc) is 2.41. The van der Waals surface area contributed by atoms with Crippen LogP contribution < -0.4 is 10.5 Å². The maximum Gasteiger partial charge on any atom is 0.255 e. The highest BCUT2D eigenvalue weighted by Crippen LogP contribution is 2.21. The molecule has 0 aromatic heterocycles. The standard InChI is InChI=1S/C15H16N2O3S/c1-10-7-8-11(2)12(9-10)15(18)17-13-5-3-4-6-14(13)21(16,19)20/h3-9H,1-2H3,(H,17,18)(H2,16,19,20). The van der Waals surface area contributed by atoms with Gasteiger partial charge in [0.2, 0.25) is 10.0 Å². The molecule has 0 saturated carbocycles. The Labute approximate surface area is 123 Å². The minimum absolute atomic E-state index is 0.108. The summed E-state index contributed by atoms with van der Waals surface area (Å²) in [5, 5.41) is 7.75. The topological polar surface area (TPSA) is 89.3 Å². The zero-order valence-corrected chi connectivity index (χ0v) is 12.6. The van der Waals surface area contributed by atoms with Gasteiger partial charge in [-0.15, -0.1) is 0 Å². The van der Waals surface area contributed by atoms with Crippen molar-refractivity contribution in [3.63, 3.8) is 0 Å². The zero-order chi connectivity index (χ0) is 15.6. The molecule has 21 heavy (non-hydrogen) atoms. The Morgan fingerprint density at radius 1 is 1.10 bits per heavy atom. The summed E-state index contributed by atoms with van der Waals surface area (Å²) < 4.78 is 23.0. The Kier molecular flexibility index (Phi) is 4.11. The van der Waals surface area contributed by atoms with E-state index in [4.69, 9.17) is 5.14 Å². The van der Waals surface area contributed by atoms with Crippen molar-refractivity contribution < 1.29 is 13.2 Å². The normalized spacial score (nSPS) is 11.2. The second-order valence-electron chi connectivity index (χ2n) is 4.81. The molecule has 0 spiro atoms. The van der Waals surface area contributed by atoms with E-state index in [2.05, 4.69) is 5.32 Å². The van der Waals surface area contributed by atoms with Crippen molar-refractivity contribution in [3.05, 3.63) is 59.2 Å². The van der Waals surface area contributed by atoms with Gasteiger partial charge in [-0.25, -0.2) is 13.6 Å². The van der Waals surface area contributed by atoms with Gasteiger partial charge in [0.25, 0.3) is 5.91 Å². The third kappa shape index (κ3) is 3.48. The van der Waals surface area contributed by atoms with E-state index in [1.807, 2.05) is 26.0 Å². The highest BCUT2D eigenvalue weighted by atomic mass is 32.2. The van der Waals surface area contributed by atoms with Gasteiger partial charge < -0.3 is 5.32 Å². The Morgan fingerprint density at radius 2 is 1.76 bits per heavy atom. The summed E-state index contributed by atoms with van der Waals surface area (Å²) >= 11 is 0. The van der Waals surface area contributed by atoms with Gasteiger partial charge in [-0.1, -0.05) is 29.8 Å². The van der Waals surface area contributed by atoms with Crippen LogP contribution in [0, 0.1) is 13.8 Å². The fraction of sp³-hybridized carbons (Fsp3) is 0.133. The number of rotatable bonds is 3. The van der Waals surface area contributed by atoms with Gasteiger partial charge in [-0.3, -0.25) is 4.79 Å². The van der Waals surface area contributed by atoms with E-state index in [-0.39, 0.29) is 16.5 Å². The number of carbonyl (C=O) groups excluding carboxylic acids is 1. The molecular formula is C15H16N2O3S. The van der Waals surface area contributed by atoms with E-state index >= 15 is 0 Å². The number of nitrogens with one attached hydrogen (secondary N) is 1. The number of sulfonamides is 1. The molecule has 0 aliphatic rings. The van der Waals surface area contributed by atoms with E-state index in [0.717, 1.165) is 11.1 Å². The molecule has 1 amide bonds. The Bertz CT molecular complexity index is 798. The van der Waals surface area contributed by atoms with Crippen LogP contribution in [0.25, 0.3) is 0 Å². The lowest BCUT2D eigenvalue weighted by atomic mass is 10.1. The molecule has 110 valence electrons. The van der Waals surface area contributed by atoms with E-state index in [9.17, 15) is 13.2 Å². The van der Waals surface area contributed by atoms with Crippen molar-refractivity contribution >= 4 is 21.6 Å². The van der Waals surface area contributed by atoms with Crippen molar-refractivity contribution in [2.24, 2.45) is 5.14 Å². The van der Waals surface area contributed by atoms with E-state index in [0.29, 0.717) is 5.56 Å². The van der Waals surface area contributed by atoms with Gasteiger partial charge in [0, 0.05) is 5.56 Å². The van der Waals surface area contributed by atoms with Crippen molar-refractivity contribution in [1.29, 1.82) is 0 Å². The van der Waals surface area contributed by atoms with Gasteiger partial charge in [0.1, 0.15) is 4.90 Å². The number of para-hydroxylation sites is 1. The van der Waals surface area contributed by atoms with Crippen molar-refractivity contribution in [2.45, 2.75) is 18.7 Å². The van der Waals surface area contributed by atoms with Crippen LogP contribution in [-0.2, 0) is 10.0 Å². The lowest BCUT2D eigenvalue weighted by Gasteiger charge is -2.11. The van der Waals surface area contributed by atoms with Crippen LogP contribution >= 0.6 is 0 Å². The highest BCUT2D eigenvalue weighted by Gasteiger charge is 2.16. The molecular weight excluding hydrogens is 288 g/mol. The molecule has 0 aliphatic carbocycles. The van der Waals surface area contributed by atoms with Crippen molar-refractivity contribution in [3.8, 4) is 0 Å². The van der Waals surface area contributed by atoms with E-state index < -0.39 is 10.0 Å². The summed E-state index contributed by atoms with van der Waals surface area (Å²) in [5.41, 5.74) is 2.43. The maximum atomic E-state index is 12.3. The van der Waals surface area contributed by atoms with Gasteiger partial charge in [-0.05, 0) is 37.6 Å². The van der Waals surface area contributed by atoms with Gasteiger partial charge in [0.15, 0.2) is 0 Å². The fourth-order valence-electron chi connectivity index (χ4n) is 1.99. The second-order valence-corrected chi connectivity index (χ2v) is 6.34. The van der Waals surface area contributed by atoms with Crippen LogP contribution in [0.3, 0.4) is 0 Å². The monoisotopic (exact) mass is 304 g/mol. The number of hydrogen-bond acceptors (Lipinski definition) is 3. The molecule has 5 nitrogen and oxygen atoms in total. The molecule has 0 aliphatic heterocycles. The van der Waals surface area contributed by atoms with Crippen LogP contribution in [0.4, 0.5) is 5.69 Å². The number of benzene rings is 2. The number of nitrogens with two attached hydrogens (primary N) is 1. The number of primary sulfonamides is 1. The SMILES string of the molecule is Cc1ccc(C)c(C(=O)Nc2ccccc2S(N)(=O)=O)c1. The van der Waals surface area contributed by atoms with Crippen LogP contribution in [0.15, 0.2) is 47.4 Å². The molecule has 0 heterocycles. The number of anilines is 1. The minimum Gasteiger partial charge on any atom is -0.321 e. The third-order valence-electron chi connectivity index (χ3n) is 3.08. The molecule has 6 heteroatoms. The first kappa shape index (κ1) is 15.2. The lowest BCUT2D eigenvalue weighted by molar-refractivity contribution is 0.102. The highest BCUT2D eigenvalue weighted by molar-refractivity contribution is 7.89. The summed E-state index contributed by atoms with van der Waals surface area (Å²) in [6.07, 6.45) is 0. The van der Waals surface area contributed by atoms with E-state index in [1.54, 1.807) is 18.2 Å². The van der Waals surface area contributed by atoms with Gasteiger partial charge in [0.05, 0.1) is 5.69 Å². The molecule has 0 radical (unpaired) electrons.